The maximum atomic E-state index is 9.12. The van der Waals surface area contributed by atoms with Crippen molar-refractivity contribution in [1.82, 2.24) is 19.5 Å². The van der Waals surface area contributed by atoms with Crippen LogP contribution >= 0.6 is 0 Å². The Hall–Kier alpha value is -3.20. The van der Waals surface area contributed by atoms with Gasteiger partial charge in [-0.15, -0.1) is 0 Å². The molecule has 2 N–H and O–H groups in total. The standard InChI is InChI=1S/C14H10N6/c15-9-12-14(18-5-4-17-12)20-7-6-19-13(20)10-2-1-3-11(16)8-10/h1-8H,16H2. The average molecular weight is 262 g/mol. The molecule has 0 spiro atoms. The fraction of sp³-hybridized carbons (Fsp3) is 0. The first-order valence-corrected chi connectivity index (χ1v) is 5.90. The monoisotopic (exact) mass is 262 g/mol. The summed E-state index contributed by atoms with van der Waals surface area (Å²) in [6.07, 6.45) is 6.41. The van der Waals surface area contributed by atoms with Crippen molar-refractivity contribution in [2.45, 2.75) is 0 Å². The summed E-state index contributed by atoms with van der Waals surface area (Å²) in [5.74, 6) is 1.11. The van der Waals surface area contributed by atoms with Crippen LogP contribution in [0.4, 0.5) is 5.69 Å². The zero-order valence-corrected chi connectivity index (χ0v) is 10.4. The van der Waals surface area contributed by atoms with Gasteiger partial charge in [-0.05, 0) is 12.1 Å². The van der Waals surface area contributed by atoms with Gasteiger partial charge in [-0.25, -0.2) is 15.0 Å². The molecule has 3 aromatic rings. The molecule has 0 fully saturated rings. The van der Waals surface area contributed by atoms with Crippen molar-refractivity contribution in [2.75, 3.05) is 5.73 Å². The number of anilines is 1. The van der Waals surface area contributed by atoms with Crippen molar-refractivity contribution < 1.29 is 0 Å². The quantitative estimate of drug-likeness (QED) is 0.710. The van der Waals surface area contributed by atoms with E-state index in [1.54, 1.807) is 29.2 Å². The van der Waals surface area contributed by atoms with Crippen molar-refractivity contribution >= 4 is 5.69 Å². The Morgan fingerprint density at radius 1 is 1.10 bits per heavy atom. The number of hydrogen-bond acceptors (Lipinski definition) is 5. The molecule has 96 valence electrons. The molecule has 0 amide bonds. The molecule has 0 aliphatic rings. The molecular weight excluding hydrogens is 252 g/mol. The van der Waals surface area contributed by atoms with Crippen LogP contribution in [0, 0.1) is 11.3 Å². The molecule has 0 atom stereocenters. The number of hydrogen-bond donors (Lipinski definition) is 1. The lowest BCUT2D eigenvalue weighted by molar-refractivity contribution is 0.966. The van der Waals surface area contributed by atoms with Gasteiger partial charge >= 0.3 is 0 Å². The van der Waals surface area contributed by atoms with E-state index in [1.165, 1.54) is 6.20 Å². The highest BCUT2D eigenvalue weighted by Crippen LogP contribution is 2.22. The third-order valence-corrected chi connectivity index (χ3v) is 2.80. The van der Waals surface area contributed by atoms with E-state index < -0.39 is 0 Å². The Balaban J connectivity index is 2.19. The summed E-state index contributed by atoms with van der Waals surface area (Å²) in [4.78, 5) is 12.5. The van der Waals surface area contributed by atoms with Crippen LogP contribution in [0.2, 0.25) is 0 Å². The van der Waals surface area contributed by atoms with E-state index in [0.717, 1.165) is 5.56 Å². The minimum Gasteiger partial charge on any atom is -0.399 e. The number of rotatable bonds is 2. The van der Waals surface area contributed by atoms with Gasteiger partial charge in [-0.2, -0.15) is 5.26 Å². The minimum atomic E-state index is 0.246. The largest absolute Gasteiger partial charge is 0.399 e. The predicted octanol–water partition coefficient (Wildman–Crippen LogP) is 1.78. The van der Waals surface area contributed by atoms with Crippen LogP contribution in [0.5, 0.6) is 0 Å². The number of imidazole rings is 1. The summed E-state index contributed by atoms with van der Waals surface area (Å²) in [7, 11) is 0. The summed E-state index contributed by atoms with van der Waals surface area (Å²) in [6, 6.07) is 9.41. The number of nitrogens with zero attached hydrogens (tertiary/aromatic N) is 5. The Bertz CT molecular complexity index is 799. The van der Waals surface area contributed by atoms with E-state index in [1.807, 2.05) is 24.3 Å². The normalized spacial score (nSPS) is 10.2. The van der Waals surface area contributed by atoms with Gasteiger partial charge in [0.05, 0.1) is 0 Å². The Kier molecular flexibility index (Phi) is 2.86. The number of nitrogen functional groups attached to an aromatic ring is 1. The Morgan fingerprint density at radius 3 is 2.75 bits per heavy atom. The lowest BCUT2D eigenvalue weighted by Gasteiger charge is -2.08. The van der Waals surface area contributed by atoms with Crippen molar-refractivity contribution in [3.05, 3.63) is 54.7 Å². The fourth-order valence-corrected chi connectivity index (χ4v) is 1.95. The van der Waals surface area contributed by atoms with Crippen LogP contribution < -0.4 is 5.73 Å². The molecule has 0 aliphatic carbocycles. The van der Waals surface area contributed by atoms with Gasteiger partial charge < -0.3 is 5.73 Å². The van der Waals surface area contributed by atoms with Crippen LogP contribution in [0.1, 0.15) is 5.69 Å². The predicted molar refractivity (Wildman–Crippen MR) is 73.7 cm³/mol. The van der Waals surface area contributed by atoms with E-state index >= 15 is 0 Å². The van der Waals surface area contributed by atoms with Gasteiger partial charge in [0.15, 0.2) is 11.5 Å². The fourth-order valence-electron chi connectivity index (χ4n) is 1.95. The molecule has 2 heterocycles. The molecule has 2 aromatic heterocycles. The highest BCUT2D eigenvalue weighted by atomic mass is 15.1. The van der Waals surface area contributed by atoms with Gasteiger partial charge in [0, 0.05) is 36.0 Å². The average Bonchev–Trinajstić information content (AvgIpc) is 2.96. The van der Waals surface area contributed by atoms with E-state index in [9.17, 15) is 0 Å². The van der Waals surface area contributed by atoms with Crippen LogP contribution in [0.15, 0.2) is 49.1 Å². The van der Waals surface area contributed by atoms with E-state index in [0.29, 0.717) is 17.3 Å². The van der Waals surface area contributed by atoms with E-state index in [4.69, 9.17) is 11.0 Å². The molecule has 20 heavy (non-hydrogen) atoms. The zero-order valence-electron chi connectivity index (χ0n) is 10.4. The van der Waals surface area contributed by atoms with Crippen molar-refractivity contribution in [2.24, 2.45) is 0 Å². The minimum absolute atomic E-state index is 0.246. The Morgan fingerprint density at radius 2 is 1.95 bits per heavy atom. The van der Waals surface area contributed by atoms with Crippen LogP contribution in [-0.2, 0) is 0 Å². The van der Waals surface area contributed by atoms with E-state index in [2.05, 4.69) is 15.0 Å². The van der Waals surface area contributed by atoms with Gasteiger partial charge in [0.2, 0.25) is 0 Å². The second-order valence-electron chi connectivity index (χ2n) is 4.09. The highest BCUT2D eigenvalue weighted by Gasteiger charge is 2.12. The van der Waals surface area contributed by atoms with Gasteiger partial charge in [0.1, 0.15) is 11.9 Å². The van der Waals surface area contributed by atoms with Gasteiger partial charge in [-0.1, -0.05) is 12.1 Å². The van der Waals surface area contributed by atoms with Gasteiger partial charge in [0.25, 0.3) is 0 Å². The topological polar surface area (TPSA) is 93.4 Å². The summed E-state index contributed by atoms with van der Waals surface area (Å²) in [5, 5.41) is 9.12. The second kappa shape index (κ2) is 4.82. The Labute approximate surface area is 115 Å². The SMILES string of the molecule is N#Cc1nccnc1-n1ccnc1-c1cccc(N)c1. The third kappa shape index (κ3) is 1.97. The van der Waals surface area contributed by atoms with Crippen molar-refractivity contribution in [3.63, 3.8) is 0 Å². The maximum Gasteiger partial charge on any atom is 0.183 e. The first kappa shape index (κ1) is 11.9. The number of aromatic nitrogens is 4. The summed E-state index contributed by atoms with van der Waals surface area (Å²) in [5.41, 5.74) is 7.54. The number of benzene rings is 1. The molecule has 0 aliphatic heterocycles. The van der Waals surface area contributed by atoms with Crippen molar-refractivity contribution in [1.29, 1.82) is 5.26 Å². The van der Waals surface area contributed by atoms with Crippen LogP contribution in [-0.4, -0.2) is 19.5 Å². The molecule has 6 heteroatoms. The number of nitrogens with two attached hydrogens (primary N) is 1. The first-order chi connectivity index (χ1) is 9.79. The first-order valence-electron chi connectivity index (χ1n) is 5.90. The molecule has 1 aromatic carbocycles. The molecule has 0 saturated heterocycles. The number of nitriles is 1. The van der Waals surface area contributed by atoms with E-state index in [-0.39, 0.29) is 5.69 Å². The molecular formula is C14H10N6. The second-order valence-corrected chi connectivity index (χ2v) is 4.09. The molecule has 6 nitrogen and oxygen atoms in total. The molecule has 0 radical (unpaired) electrons. The summed E-state index contributed by atoms with van der Waals surface area (Å²) < 4.78 is 1.72. The third-order valence-electron chi connectivity index (χ3n) is 2.80. The zero-order chi connectivity index (χ0) is 13.9. The highest BCUT2D eigenvalue weighted by molar-refractivity contribution is 5.63. The summed E-state index contributed by atoms with van der Waals surface area (Å²) in [6.45, 7) is 0. The van der Waals surface area contributed by atoms with Gasteiger partial charge in [-0.3, -0.25) is 4.57 Å². The van der Waals surface area contributed by atoms with Crippen LogP contribution in [0.25, 0.3) is 17.2 Å². The lowest BCUT2D eigenvalue weighted by atomic mass is 10.2. The molecule has 3 rings (SSSR count). The van der Waals surface area contributed by atoms with Crippen LogP contribution in [0.3, 0.4) is 0 Å². The lowest BCUT2D eigenvalue weighted by Crippen LogP contribution is -2.03. The molecule has 0 saturated carbocycles. The maximum absolute atomic E-state index is 9.12. The smallest absolute Gasteiger partial charge is 0.183 e. The molecule has 0 unspecified atom stereocenters. The van der Waals surface area contributed by atoms with Crippen molar-refractivity contribution in [3.8, 4) is 23.3 Å². The summed E-state index contributed by atoms with van der Waals surface area (Å²) >= 11 is 0. The molecule has 0 bridgehead atoms.